The molecule has 0 aliphatic rings. The maximum Gasteiger partial charge on any atom is 0.251 e. The number of carbonyl (C=O) groups excluding carboxylic acids is 2. The van der Waals surface area contributed by atoms with Crippen molar-refractivity contribution in [3.8, 4) is 11.4 Å². The van der Waals surface area contributed by atoms with Gasteiger partial charge >= 0.3 is 0 Å². The predicted octanol–water partition coefficient (Wildman–Crippen LogP) is 3.78. The van der Waals surface area contributed by atoms with Gasteiger partial charge in [0.25, 0.3) is 5.91 Å². The monoisotopic (exact) mass is 494 g/mol. The molecule has 34 heavy (non-hydrogen) atoms. The zero-order valence-corrected chi connectivity index (χ0v) is 19.9. The molecule has 174 valence electrons. The van der Waals surface area contributed by atoms with Crippen LogP contribution in [0, 0.1) is 0 Å². The average molecular weight is 495 g/mol. The van der Waals surface area contributed by atoms with Crippen molar-refractivity contribution in [2.24, 2.45) is 0 Å². The summed E-state index contributed by atoms with van der Waals surface area (Å²) in [5.74, 6) is 1.01. The van der Waals surface area contributed by atoms with Crippen LogP contribution in [0.2, 0.25) is 0 Å². The third kappa shape index (κ3) is 6.00. The Kier molecular flexibility index (Phi) is 7.89. The van der Waals surface area contributed by atoms with E-state index >= 15 is 0 Å². The summed E-state index contributed by atoms with van der Waals surface area (Å²) in [6.45, 7) is 2.66. The Balaban J connectivity index is 1.52. The van der Waals surface area contributed by atoms with Gasteiger partial charge in [-0.25, -0.2) is 4.98 Å². The molecule has 2 aromatic heterocycles. The lowest BCUT2D eigenvalue weighted by atomic mass is 10.2. The molecule has 2 heterocycles. The van der Waals surface area contributed by atoms with Crippen molar-refractivity contribution in [3.05, 3.63) is 77.6 Å². The van der Waals surface area contributed by atoms with Gasteiger partial charge in [0.05, 0.1) is 18.9 Å². The summed E-state index contributed by atoms with van der Waals surface area (Å²) >= 11 is 2.60. The van der Waals surface area contributed by atoms with Crippen molar-refractivity contribution in [1.29, 1.82) is 0 Å². The Hall–Kier alpha value is -3.70. The Morgan fingerprint density at radius 1 is 1.09 bits per heavy atom. The summed E-state index contributed by atoms with van der Waals surface area (Å²) in [6, 6.07) is 16.4. The number of aromatic nitrogens is 4. The molecule has 0 aliphatic carbocycles. The van der Waals surface area contributed by atoms with Crippen LogP contribution in [-0.2, 0) is 11.3 Å². The van der Waals surface area contributed by atoms with Crippen LogP contribution >= 0.6 is 23.1 Å². The summed E-state index contributed by atoms with van der Waals surface area (Å²) in [4.78, 5) is 28.9. The van der Waals surface area contributed by atoms with Crippen molar-refractivity contribution in [2.45, 2.75) is 18.6 Å². The van der Waals surface area contributed by atoms with Crippen molar-refractivity contribution in [3.63, 3.8) is 0 Å². The van der Waals surface area contributed by atoms with E-state index in [1.165, 1.54) is 23.1 Å². The fourth-order valence-corrected chi connectivity index (χ4v) is 4.36. The van der Waals surface area contributed by atoms with Crippen LogP contribution in [-0.4, -0.2) is 43.9 Å². The standard InChI is InChI=1S/C23H22N6O3S2/c1-2-32-18-10-8-17(9-11-18)29-19(14-25-21(31)16-6-4-3-5-7-16)27-28-23(29)34-15-20(30)26-22-24-12-13-33-22/h3-13H,2,14-15H2,1H3,(H,25,31)(H,24,26,30). The van der Waals surface area contributed by atoms with Gasteiger partial charge in [0.15, 0.2) is 16.1 Å². The highest BCUT2D eigenvalue weighted by Crippen LogP contribution is 2.24. The number of carbonyl (C=O) groups is 2. The molecule has 0 radical (unpaired) electrons. The topological polar surface area (TPSA) is 111 Å². The molecule has 0 bridgehead atoms. The molecule has 0 fully saturated rings. The molecule has 9 nitrogen and oxygen atoms in total. The molecule has 0 unspecified atom stereocenters. The largest absolute Gasteiger partial charge is 0.494 e. The van der Waals surface area contributed by atoms with Crippen LogP contribution in [0.4, 0.5) is 5.13 Å². The Morgan fingerprint density at radius 3 is 2.59 bits per heavy atom. The van der Waals surface area contributed by atoms with Gasteiger partial charge in [-0.15, -0.1) is 21.5 Å². The number of rotatable bonds is 10. The molecule has 2 aromatic carbocycles. The van der Waals surface area contributed by atoms with Gasteiger partial charge < -0.3 is 15.4 Å². The molecule has 11 heteroatoms. The zero-order valence-electron chi connectivity index (χ0n) is 18.3. The van der Waals surface area contributed by atoms with Crippen LogP contribution in [0.1, 0.15) is 23.1 Å². The molecule has 4 rings (SSSR count). The number of ether oxygens (including phenoxy) is 1. The normalized spacial score (nSPS) is 10.6. The number of hydrogen-bond donors (Lipinski definition) is 2. The number of thiazole rings is 1. The van der Waals surface area contributed by atoms with Crippen LogP contribution in [0.5, 0.6) is 5.75 Å². The van der Waals surface area contributed by atoms with Gasteiger partial charge in [0.2, 0.25) is 5.91 Å². The lowest BCUT2D eigenvalue weighted by Gasteiger charge is -2.12. The zero-order chi connectivity index (χ0) is 23.8. The SMILES string of the molecule is CCOc1ccc(-n2c(CNC(=O)c3ccccc3)nnc2SCC(=O)Nc2nccs2)cc1. The molecule has 4 aromatic rings. The number of benzene rings is 2. The number of anilines is 1. The minimum absolute atomic E-state index is 0.130. The summed E-state index contributed by atoms with van der Waals surface area (Å²) in [7, 11) is 0. The maximum absolute atomic E-state index is 12.5. The van der Waals surface area contributed by atoms with Crippen LogP contribution < -0.4 is 15.4 Å². The Bertz CT molecular complexity index is 1230. The van der Waals surface area contributed by atoms with Crippen molar-refractivity contribution < 1.29 is 14.3 Å². The van der Waals surface area contributed by atoms with E-state index in [0.717, 1.165) is 11.4 Å². The highest BCUT2D eigenvalue weighted by atomic mass is 32.2. The second-order valence-corrected chi connectivity index (χ2v) is 8.72. The van der Waals surface area contributed by atoms with Crippen molar-refractivity contribution in [2.75, 3.05) is 17.7 Å². The first-order valence-electron chi connectivity index (χ1n) is 10.5. The Labute approximate surface area is 204 Å². The number of hydrogen-bond acceptors (Lipinski definition) is 8. The molecule has 0 aliphatic heterocycles. The third-order valence-electron chi connectivity index (χ3n) is 4.56. The lowest BCUT2D eigenvalue weighted by Crippen LogP contribution is -2.24. The maximum atomic E-state index is 12.5. The molecule has 0 saturated carbocycles. The first-order valence-corrected chi connectivity index (χ1v) is 12.3. The molecular formula is C23H22N6O3S2. The van der Waals surface area contributed by atoms with Gasteiger partial charge in [0, 0.05) is 22.8 Å². The number of nitrogens with one attached hydrogen (secondary N) is 2. The predicted molar refractivity (Wildman–Crippen MR) is 132 cm³/mol. The minimum Gasteiger partial charge on any atom is -0.494 e. The van der Waals surface area contributed by atoms with E-state index < -0.39 is 0 Å². The summed E-state index contributed by atoms with van der Waals surface area (Å²) in [6.07, 6.45) is 1.63. The van der Waals surface area contributed by atoms with Gasteiger partial charge in [0.1, 0.15) is 5.75 Å². The van der Waals surface area contributed by atoms with E-state index in [1.807, 2.05) is 54.0 Å². The minimum atomic E-state index is -0.209. The highest BCUT2D eigenvalue weighted by Gasteiger charge is 2.17. The van der Waals surface area contributed by atoms with Gasteiger partial charge in [-0.05, 0) is 43.3 Å². The van der Waals surface area contributed by atoms with Crippen molar-refractivity contribution in [1.82, 2.24) is 25.1 Å². The number of thioether (sulfide) groups is 1. The molecule has 2 amide bonds. The van der Waals surface area contributed by atoms with E-state index in [4.69, 9.17) is 4.74 Å². The smallest absolute Gasteiger partial charge is 0.251 e. The van der Waals surface area contributed by atoms with Crippen LogP contribution in [0.15, 0.2) is 71.3 Å². The second kappa shape index (κ2) is 11.4. The molecule has 2 N–H and O–H groups in total. The molecule has 0 spiro atoms. The Morgan fingerprint density at radius 2 is 1.88 bits per heavy atom. The quantitative estimate of drug-likeness (QED) is 0.323. The third-order valence-corrected chi connectivity index (χ3v) is 6.18. The fourth-order valence-electron chi connectivity index (χ4n) is 3.05. The summed E-state index contributed by atoms with van der Waals surface area (Å²) in [5, 5.41) is 17.1. The van der Waals surface area contributed by atoms with E-state index in [9.17, 15) is 9.59 Å². The van der Waals surface area contributed by atoms with Gasteiger partial charge in [-0.3, -0.25) is 14.2 Å². The number of nitrogens with zero attached hydrogens (tertiary/aromatic N) is 4. The van der Waals surface area contributed by atoms with E-state index in [0.29, 0.717) is 28.3 Å². The number of amides is 2. The fraction of sp³-hybridized carbons (Fsp3) is 0.174. The summed E-state index contributed by atoms with van der Waals surface area (Å²) < 4.78 is 7.36. The van der Waals surface area contributed by atoms with Crippen LogP contribution in [0.3, 0.4) is 0 Å². The first-order chi connectivity index (χ1) is 16.6. The summed E-state index contributed by atoms with van der Waals surface area (Å²) in [5.41, 5.74) is 1.35. The van der Waals surface area contributed by atoms with E-state index in [1.54, 1.807) is 23.7 Å². The van der Waals surface area contributed by atoms with E-state index in [-0.39, 0.29) is 24.1 Å². The molecule has 0 saturated heterocycles. The lowest BCUT2D eigenvalue weighted by molar-refractivity contribution is -0.113. The average Bonchev–Trinajstić information content (AvgIpc) is 3.52. The van der Waals surface area contributed by atoms with Crippen molar-refractivity contribution >= 4 is 40.0 Å². The van der Waals surface area contributed by atoms with Gasteiger partial charge in [-0.2, -0.15) is 0 Å². The molecule has 0 atom stereocenters. The highest BCUT2D eigenvalue weighted by molar-refractivity contribution is 7.99. The first kappa shape index (κ1) is 23.5. The van der Waals surface area contributed by atoms with E-state index in [2.05, 4.69) is 25.8 Å². The van der Waals surface area contributed by atoms with Gasteiger partial charge in [-0.1, -0.05) is 30.0 Å². The molecular weight excluding hydrogens is 472 g/mol. The second-order valence-electron chi connectivity index (χ2n) is 6.88. The van der Waals surface area contributed by atoms with Crippen LogP contribution in [0.25, 0.3) is 5.69 Å².